The minimum atomic E-state index is -2.53. The maximum Gasteiger partial charge on any atom is 0.501 e. The first-order valence-corrected chi connectivity index (χ1v) is 13.1. The Hall–Kier alpha value is -0.243. The summed E-state index contributed by atoms with van der Waals surface area (Å²) in [6.45, 7) is 8.66. The van der Waals surface area contributed by atoms with Crippen LogP contribution in [-0.4, -0.2) is 41.3 Å². The zero-order valence-corrected chi connectivity index (χ0v) is 19.6. The standard InChI is InChI=1S/C21H35BrO4Si/c1-4-24-27(25-5-2,26-6-3)17-7-16-23-21-14-10-19(11-15-21)18-8-12-20(22)13-9-18/h8-9,12-13,19,21H,4-7,10-11,14-17H2,1-3H3/t19-,21-. The SMILES string of the molecule is CCO[Si](CCCO[C@H]1CC[C@H](c2ccc(Br)cc2)CC1)(OCC)OCC. The van der Waals surface area contributed by atoms with Gasteiger partial charge in [-0.05, 0) is 76.5 Å². The van der Waals surface area contributed by atoms with Crippen LogP contribution in [0.1, 0.15) is 64.4 Å². The Morgan fingerprint density at radius 2 is 1.44 bits per heavy atom. The molecule has 0 amide bonds. The summed E-state index contributed by atoms with van der Waals surface area (Å²) < 4.78 is 25.0. The van der Waals surface area contributed by atoms with Gasteiger partial charge in [-0.1, -0.05) is 28.1 Å². The first-order valence-electron chi connectivity index (χ1n) is 10.4. The van der Waals surface area contributed by atoms with Crippen LogP contribution in [0.4, 0.5) is 0 Å². The summed E-state index contributed by atoms with van der Waals surface area (Å²) in [6.07, 6.45) is 6.03. The van der Waals surface area contributed by atoms with Crippen LogP contribution in [0.3, 0.4) is 0 Å². The van der Waals surface area contributed by atoms with E-state index in [1.165, 1.54) is 18.4 Å². The molecule has 0 unspecified atom stereocenters. The van der Waals surface area contributed by atoms with Crippen molar-refractivity contribution in [2.75, 3.05) is 26.4 Å². The molecule has 0 saturated heterocycles. The molecule has 1 fully saturated rings. The molecule has 0 radical (unpaired) electrons. The summed E-state index contributed by atoms with van der Waals surface area (Å²) in [6, 6.07) is 9.60. The van der Waals surface area contributed by atoms with Crippen LogP contribution >= 0.6 is 15.9 Å². The number of halogens is 1. The molecule has 1 aromatic rings. The highest BCUT2D eigenvalue weighted by atomic mass is 79.9. The molecule has 0 atom stereocenters. The summed E-state index contributed by atoms with van der Waals surface area (Å²) in [7, 11) is -2.53. The summed E-state index contributed by atoms with van der Waals surface area (Å²) in [5.41, 5.74) is 1.46. The van der Waals surface area contributed by atoms with E-state index >= 15 is 0 Å². The molecule has 0 heterocycles. The number of ether oxygens (including phenoxy) is 1. The lowest BCUT2D eigenvalue weighted by atomic mass is 9.83. The Morgan fingerprint density at radius 3 is 1.96 bits per heavy atom. The highest BCUT2D eigenvalue weighted by Gasteiger charge is 2.39. The predicted octanol–water partition coefficient (Wildman–Crippen LogP) is 5.93. The van der Waals surface area contributed by atoms with Crippen LogP contribution in [0.15, 0.2) is 28.7 Å². The van der Waals surface area contributed by atoms with Crippen molar-refractivity contribution in [3.8, 4) is 0 Å². The summed E-state index contributed by atoms with van der Waals surface area (Å²) in [5.74, 6) is 0.673. The second kappa shape index (κ2) is 12.3. The van der Waals surface area contributed by atoms with Crippen LogP contribution in [0.5, 0.6) is 0 Å². The molecule has 1 aliphatic rings. The molecular weight excluding hydrogens is 424 g/mol. The predicted molar refractivity (Wildman–Crippen MR) is 115 cm³/mol. The summed E-state index contributed by atoms with van der Waals surface area (Å²) >= 11 is 3.51. The van der Waals surface area contributed by atoms with Gasteiger partial charge >= 0.3 is 8.80 Å². The normalized spacial score (nSPS) is 20.7. The van der Waals surface area contributed by atoms with Crippen molar-refractivity contribution in [3.63, 3.8) is 0 Å². The van der Waals surface area contributed by atoms with Crippen LogP contribution in [0, 0.1) is 0 Å². The van der Waals surface area contributed by atoms with Crippen molar-refractivity contribution in [1.29, 1.82) is 0 Å². The molecule has 0 N–H and O–H groups in total. The molecule has 0 spiro atoms. The zero-order valence-electron chi connectivity index (χ0n) is 17.0. The van der Waals surface area contributed by atoms with Gasteiger partial charge in [-0.15, -0.1) is 0 Å². The molecule has 1 aliphatic carbocycles. The molecular formula is C21H35BrO4Si. The average molecular weight is 459 g/mol. The monoisotopic (exact) mass is 458 g/mol. The minimum absolute atomic E-state index is 0.388. The van der Waals surface area contributed by atoms with Crippen LogP contribution in [-0.2, 0) is 18.0 Å². The van der Waals surface area contributed by atoms with Crippen LogP contribution in [0.25, 0.3) is 0 Å². The fraction of sp³-hybridized carbons (Fsp3) is 0.714. The third-order valence-electron chi connectivity index (χ3n) is 5.09. The van der Waals surface area contributed by atoms with Crippen LogP contribution in [0.2, 0.25) is 6.04 Å². The van der Waals surface area contributed by atoms with Crippen molar-refractivity contribution in [3.05, 3.63) is 34.3 Å². The Balaban J connectivity index is 1.70. The fourth-order valence-corrected chi connectivity index (χ4v) is 6.68. The maximum absolute atomic E-state index is 6.16. The Labute approximate surface area is 174 Å². The van der Waals surface area contributed by atoms with Crippen LogP contribution < -0.4 is 0 Å². The maximum atomic E-state index is 6.16. The largest absolute Gasteiger partial charge is 0.501 e. The van der Waals surface area contributed by atoms with E-state index in [-0.39, 0.29) is 0 Å². The van der Waals surface area contributed by atoms with E-state index in [1.807, 2.05) is 20.8 Å². The van der Waals surface area contributed by atoms with Gasteiger partial charge in [0.1, 0.15) is 0 Å². The number of hydrogen-bond acceptors (Lipinski definition) is 4. The summed E-state index contributed by atoms with van der Waals surface area (Å²) in [4.78, 5) is 0. The molecule has 154 valence electrons. The number of hydrogen-bond donors (Lipinski definition) is 0. The molecule has 1 aromatic carbocycles. The van der Waals surface area contributed by atoms with E-state index in [2.05, 4.69) is 40.2 Å². The second-order valence-electron chi connectivity index (χ2n) is 6.98. The lowest BCUT2D eigenvalue weighted by Gasteiger charge is -2.30. The highest BCUT2D eigenvalue weighted by Crippen LogP contribution is 2.34. The van der Waals surface area contributed by atoms with E-state index < -0.39 is 8.80 Å². The van der Waals surface area contributed by atoms with Gasteiger partial charge in [0, 0.05) is 36.9 Å². The van der Waals surface area contributed by atoms with Gasteiger partial charge in [0.15, 0.2) is 0 Å². The van der Waals surface area contributed by atoms with Crippen molar-refractivity contribution < 1.29 is 18.0 Å². The lowest BCUT2D eigenvalue weighted by molar-refractivity contribution is 0.0202. The molecule has 0 bridgehead atoms. The first kappa shape index (κ1) is 23.0. The van der Waals surface area contributed by atoms with Gasteiger partial charge in [-0.3, -0.25) is 0 Å². The zero-order chi connectivity index (χ0) is 19.5. The lowest BCUT2D eigenvalue weighted by Crippen LogP contribution is -2.46. The van der Waals surface area contributed by atoms with Gasteiger partial charge in [0.2, 0.25) is 0 Å². The third-order valence-corrected chi connectivity index (χ3v) is 8.77. The minimum Gasteiger partial charge on any atom is -0.378 e. The van der Waals surface area contributed by atoms with Gasteiger partial charge in [0.25, 0.3) is 0 Å². The Bertz CT molecular complexity index is 500. The quantitative estimate of drug-likeness (QED) is 0.287. The van der Waals surface area contributed by atoms with E-state index in [1.54, 1.807) is 0 Å². The topological polar surface area (TPSA) is 36.9 Å². The van der Waals surface area contributed by atoms with Gasteiger partial charge < -0.3 is 18.0 Å². The molecule has 1 saturated carbocycles. The van der Waals surface area contributed by atoms with E-state index in [0.29, 0.717) is 31.8 Å². The molecule has 0 aromatic heterocycles. The van der Waals surface area contributed by atoms with Crippen molar-refractivity contribution in [1.82, 2.24) is 0 Å². The van der Waals surface area contributed by atoms with Crippen molar-refractivity contribution in [2.45, 2.75) is 70.9 Å². The second-order valence-corrected chi connectivity index (χ2v) is 10.6. The molecule has 0 aliphatic heterocycles. The van der Waals surface area contributed by atoms with E-state index in [9.17, 15) is 0 Å². The highest BCUT2D eigenvalue weighted by molar-refractivity contribution is 9.10. The van der Waals surface area contributed by atoms with Crippen molar-refractivity contribution >= 4 is 24.7 Å². The third kappa shape index (κ3) is 7.59. The molecule has 2 rings (SSSR count). The molecule has 27 heavy (non-hydrogen) atoms. The summed E-state index contributed by atoms with van der Waals surface area (Å²) in [5, 5.41) is 0. The Kier molecular flexibility index (Phi) is 10.5. The number of benzene rings is 1. The average Bonchev–Trinajstić information content (AvgIpc) is 2.67. The van der Waals surface area contributed by atoms with Gasteiger partial charge in [-0.2, -0.15) is 0 Å². The smallest absolute Gasteiger partial charge is 0.378 e. The van der Waals surface area contributed by atoms with Gasteiger partial charge in [-0.25, -0.2) is 0 Å². The first-order chi connectivity index (χ1) is 13.1. The fourth-order valence-electron chi connectivity index (χ4n) is 3.84. The number of rotatable bonds is 12. The van der Waals surface area contributed by atoms with Crippen molar-refractivity contribution in [2.24, 2.45) is 0 Å². The molecule has 4 nitrogen and oxygen atoms in total. The van der Waals surface area contributed by atoms with E-state index in [4.69, 9.17) is 18.0 Å². The molecule has 6 heteroatoms. The van der Waals surface area contributed by atoms with E-state index in [0.717, 1.165) is 36.4 Å². The Morgan fingerprint density at radius 1 is 0.889 bits per heavy atom. The van der Waals surface area contributed by atoms with Gasteiger partial charge in [0.05, 0.1) is 6.10 Å².